The highest BCUT2D eigenvalue weighted by Gasteiger charge is 2.17. The number of para-hydroxylation sites is 1. The Labute approximate surface area is 160 Å². The summed E-state index contributed by atoms with van der Waals surface area (Å²) in [5.41, 5.74) is 7.37. The Balaban J connectivity index is 1.82. The lowest BCUT2D eigenvalue weighted by Gasteiger charge is -2.10. The highest BCUT2D eigenvalue weighted by molar-refractivity contribution is 7.98. The summed E-state index contributed by atoms with van der Waals surface area (Å²) in [4.78, 5) is 16.6. The molecule has 0 aliphatic rings. The van der Waals surface area contributed by atoms with Gasteiger partial charge in [-0.3, -0.25) is 4.79 Å². The monoisotopic (exact) mass is 378 g/mol. The molecule has 0 aliphatic carbocycles. The molecule has 5 nitrogen and oxygen atoms in total. The largest absolute Gasteiger partial charge is 0.383 e. The summed E-state index contributed by atoms with van der Waals surface area (Å²) in [6.07, 6.45) is 0. The maximum atomic E-state index is 13.8. The molecule has 0 aliphatic heterocycles. The van der Waals surface area contributed by atoms with Gasteiger partial charge in [0.15, 0.2) is 0 Å². The van der Waals surface area contributed by atoms with Gasteiger partial charge in [-0.05, 0) is 29.8 Å². The first-order chi connectivity index (χ1) is 13.1. The van der Waals surface area contributed by atoms with E-state index in [1.165, 1.54) is 23.9 Å². The SMILES string of the molecule is N#Cc1cc(C(=O)Nc2ccccc2)c(N)nc1SCc1ccccc1F. The maximum Gasteiger partial charge on any atom is 0.259 e. The van der Waals surface area contributed by atoms with E-state index in [2.05, 4.69) is 10.3 Å². The van der Waals surface area contributed by atoms with Crippen LogP contribution in [0.3, 0.4) is 0 Å². The minimum Gasteiger partial charge on any atom is -0.383 e. The predicted octanol–water partition coefficient (Wildman–Crippen LogP) is 4.22. The zero-order valence-electron chi connectivity index (χ0n) is 14.1. The fourth-order valence-electron chi connectivity index (χ4n) is 2.36. The number of rotatable bonds is 5. The number of pyridine rings is 1. The van der Waals surface area contributed by atoms with Gasteiger partial charge in [0.1, 0.15) is 22.7 Å². The molecule has 3 rings (SSSR count). The smallest absolute Gasteiger partial charge is 0.259 e. The van der Waals surface area contributed by atoms with Crippen molar-refractivity contribution in [3.8, 4) is 6.07 Å². The molecule has 0 bridgehead atoms. The second-order valence-corrected chi connectivity index (χ2v) is 6.55. The molecule has 2 aromatic carbocycles. The fourth-order valence-corrected chi connectivity index (χ4v) is 3.31. The summed E-state index contributed by atoms with van der Waals surface area (Å²) >= 11 is 1.19. The number of aromatic nitrogens is 1. The summed E-state index contributed by atoms with van der Waals surface area (Å²) < 4.78 is 13.8. The number of hydrogen-bond acceptors (Lipinski definition) is 5. The van der Waals surface area contributed by atoms with E-state index in [1.54, 1.807) is 42.5 Å². The van der Waals surface area contributed by atoms with Gasteiger partial charge in [0.2, 0.25) is 0 Å². The van der Waals surface area contributed by atoms with Crippen molar-refractivity contribution in [3.63, 3.8) is 0 Å². The molecule has 0 saturated carbocycles. The standard InChI is InChI=1S/C20H15FN4OS/c21-17-9-5-4-6-13(17)12-27-20-14(11-22)10-16(18(23)25-20)19(26)24-15-7-2-1-3-8-15/h1-10H,12H2,(H2,23,25)(H,24,26). The predicted molar refractivity (Wildman–Crippen MR) is 104 cm³/mol. The van der Waals surface area contributed by atoms with Gasteiger partial charge in [-0.15, -0.1) is 11.8 Å². The van der Waals surface area contributed by atoms with Crippen molar-refractivity contribution in [3.05, 3.63) is 83.2 Å². The first-order valence-corrected chi connectivity index (χ1v) is 9.00. The van der Waals surface area contributed by atoms with Crippen molar-refractivity contribution in [2.45, 2.75) is 10.8 Å². The molecule has 3 N–H and O–H groups in total. The summed E-state index contributed by atoms with van der Waals surface area (Å²) in [7, 11) is 0. The third-order valence-corrected chi connectivity index (χ3v) is 4.78. The normalized spacial score (nSPS) is 10.2. The summed E-state index contributed by atoms with van der Waals surface area (Å²) in [5, 5.41) is 12.5. The van der Waals surface area contributed by atoms with Crippen LogP contribution in [0.5, 0.6) is 0 Å². The molecular formula is C20H15FN4OS. The molecule has 1 heterocycles. The lowest BCUT2D eigenvalue weighted by atomic mass is 10.2. The molecule has 0 atom stereocenters. The summed E-state index contributed by atoms with van der Waals surface area (Å²) in [6, 6.07) is 18.7. The van der Waals surface area contributed by atoms with Gasteiger partial charge in [0.05, 0.1) is 11.1 Å². The Morgan fingerprint density at radius 3 is 2.59 bits per heavy atom. The number of nitrogen functional groups attached to an aromatic ring is 1. The van der Waals surface area contributed by atoms with E-state index in [9.17, 15) is 14.4 Å². The number of thioether (sulfide) groups is 1. The third kappa shape index (κ3) is 4.43. The van der Waals surface area contributed by atoms with Gasteiger partial charge >= 0.3 is 0 Å². The van der Waals surface area contributed by atoms with Crippen LogP contribution in [-0.2, 0) is 5.75 Å². The van der Waals surface area contributed by atoms with Gasteiger partial charge in [-0.2, -0.15) is 5.26 Å². The topological polar surface area (TPSA) is 91.8 Å². The molecule has 1 aromatic heterocycles. The van der Waals surface area contributed by atoms with Crippen LogP contribution in [0.15, 0.2) is 65.7 Å². The molecule has 3 aromatic rings. The highest BCUT2D eigenvalue weighted by Crippen LogP contribution is 2.28. The Kier molecular flexibility index (Phi) is 5.69. The first-order valence-electron chi connectivity index (χ1n) is 8.01. The number of nitrogens with zero attached hydrogens (tertiary/aromatic N) is 2. The van der Waals surface area contributed by atoms with Crippen molar-refractivity contribution in [2.24, 2.45) is 0 Å². The minimum atomic E-state index is -0.451. The average Bonchev–Trinajstić information content (AvgIpc) is 2.68. The minimum absolute atomic E-state index is 0.0125. The number of amides is 1. The number of carbonyl (C=O) groups is 1. The number of nitriles is 1. The van der Waals surface area contributed by atoms with E-state index in [4.69, 9.17) is 5.73 Å². The molecule has 0 unspecified atom stereocenters. The highest BCUT2D eigenvalue weighted by atomic mass is 32.2. The number of carbonyl (C=O) groups excluding carboxylic acids is 1. The second kappa shape index (κ2) is 8.34. The average molecular weight is 378 g/mol. The lowest BCUT2D eigenvalue weighted by molar-refractivity contribution is 0.102. The van der Waals surface area contributed by atoms with Gasteiger partial charge < -0.3 is 11.1 Å². The van der Waals surface area contributed by atoms with Crippen LogP contribution in [-0.4, -0.2) is 10.9 Å². The van der Waals surface area contributed by atoms with Crippen LogP contribution in [0, 0.1) is 17.1 Å². The van der Waals surface area contributed by atoms with Gasteiger partial charge in [-0.25, -0.2) is 9.37 Å². The molecule has 134 valence electrons. The maximum absolute atomic E-state index is 13.8. The van der Waals surface area contributed by atoms with Crippen molar-refractivity contribution in [1.29, 1.82) is 5.26 Å². The first kappa shape index (κ1) is 18.4. The zero-order valence-corrected chi connectivity index (χ0v) is 15.0. The van der Waals surface area contributed by atoms with E-state index in [0.29, 0.717) is 22.0 Å². The fraction of sp³-hybridized carbons (Fsp3) is 0.0500. The lowest BCUT2D eigenvalue weighted by Crippen LogP contribution is -2.15. The number of anilines is 2. The van der Waals surface area contributed by atoms with E-state index in [1.807, 2.05) is 12.1 Å². The Morgan fingerprint density at radius 2 is 1.89 bits per heavy atom. The van der Waals surface area contributed by atoms with Gasteiger partial charge in [-0.1, -0.05) is 36.4 Å². The molecular weight excluding hydrogens is 363 g/mol. The summed E-state index contributed by atoms with van der Waals surface area (Å²) in [6.45, 7) is 0. The number of hydrogen-bond donors (Lipinski definition) is 2. The van der Waals surface area contributed by atoms with E-state index < -0.39 is 5.91 Å². The van der Waals surface area contributed by atoms with Crippen LogP contribution in [0.25, 0.3) is 0 Å². The van der Waals surface area contributed by atoms with Gasteiger partial charge in [0, 0.05) is 11.4 Å². The van der Waals surface area contributed by atoms with Crippen LogP contribution in [0.1, 0.15) is 21.5 Å². The third-order valence-electron chi connectivity index (χ3n) is 3.74. The van der Waals surface area contributed by atoms with Crippen molar-refractivity contribution >= 4 is 29.2 Å². The van der Waals surface area contributed by atoms with E-state index in [-0.39, 0.29) is 22.8 Å². The van der Waals surface area contributed by atoms with E-state index in [0.717, 1.165) is 0 Å². The van der Waals surface area contributed by atoms with Crippen molar-refractivity contribution in [1.82, 2.24) is 4.98 Å². The van der Waals surface area contributed by atoms with E-state index >= 15 is 0 Å². The molecule has 0 fully saturated rings. The molecule has 0 saturated heterocycles. The Bertz CT molecular complexity index is 1020. The van der Waals surface area contributed by atoms with Crippen molar-refractivity contribution in [2.75, 3.05) is 11.1 Å². The number of nitrogens with one attached hydrogen (secondary N) is 1. The molecule has 27 heavy (non-hydrogen) atoms. The van der Waals surface area contributed by atoms with Gasteiger partial charge in [0.25, 0.3) is 5.91 Å². The van der Waals surface area contributed by atoms with Crippen LogP contribution in [0.2, 0.25) is 0 Å². The molecule has 1 amide bonds. The zero-order chi connectivity index (χ0) is 19.2. The number of halogens is 1. The molecule has 0 radical (unpaired) electrons. The van der Waals surface area contributed by atoms with Crippen LogP contribution < -0.4 is 11.1 Å². The Morgan fingerprint density at radius 1 is 1.19 bits per heavy atom. The molecule has 7 heteroatoms. The number of benzene rings is 2. The summed E-state index contributed by atoms with van der Waals surface area (Å²) in [5.74, 6) is -0.467. The van der Waals surface area contributed by atoms with Crippen LogP contribution >= 0.6 is 11.8 Å². The number of nitrogens with two attached hydrogens (primary N) is 1. The van der Waals surface area contributed by atoms with Crippen molar-refractivity contribution < 1.29 is 9.18 Å². The second-order valence-electron chi connectivity index (χ2n) is 5.59. The molecule has 0 spiro atoms. The Hall–Kier alpha value is -3.37. The van der Waals surface area contributed by atoms with Crippen LogP contribution in [0.4, 0.5) is 15.9 Å². The quantitative estimate of drug-likeness (QED) is 0.649.